The average Bonchev–Trinajstić information content (AvgIpc) is 2.62. The van der Waals surface area contributed by atoms with Crippen LogP contribution >= 0.6 is 12.4 Å². The van der Waals surface area contributed by atoms with Crippen LogP contribution in [0, 0.1) is 12.8 Å². The minimum atomic E-state index is -0.957. The van der Waals surface area contributed by atoms with Gasteiger partial charge in [0, 0.05) is 17.5 Å². The van der Waals surface area contributed by atoms with Gasteiger partial charge in [-0.1, -0.05) is 40.0 Å². The number of hydrogen-bond donors (Lipinski definition) is 3. The maximum atomic E-state index is 12.6. The molecule has 0 amide bonds. The van der Waals surface area contributed by atoms with Crippen molar-refractivity contribution in [3.8, 4) is 5.75 Å². The number of phenols is 1. The van der Waals surface area contributed by atoms with Gasteiger partial charge in [0.25, 0.3) is 0 Å². The normalized spacial score (nSPS) is 12.2. The Morgan fingerprint density at radius 3 is 2.45 bits per heavy atom. The number of aromatic hydroxyl groups is 1. The van der Waals surface area contributed by atoms with Crippen molar-refractivity contribution >= 4 is 29.3 Å². The molecule has 0 spiro atoms. The monoisotopic (exact) mass is 425 g/mol. The lowest BCUT2D eigenvalue weighted by atomic mass is 9.98. The van der Waals surface area contributed by atoms with Crippen LogP contribution in [0.5, 0.6) is 5.75 Å². The topological polar surface area (TPSA) is 99.8 Å². The first-order valence-corrected chi connectivity index (χ1v) is 10.0. The Kier molecular flexibility index (Phi) is 9.66. The number of aryl methyl sites for hydroxylation is 1. The van der Waals surface area contributed by atoms with Crippen LogP contribution in [0.2, 0.25) is 0 Å². The van der Waals surface area contributed by atoms with E-state index in [0.29, 0.717) is 23.1 Å². The standard InChI is InChI=1S/C22H31NO5.ClH/c1-5-6-7-8-9-16-14(4)15-10-11-18(24)17(20(15)28-22(16)27)12-23-19(13(2)3)21(25)26;/h10-11,13,19,23-24H,5-9,12H2,1-4H3,(H,25,26);1H/t19-;/m1./s1. The van der Waals surface area contributed by atoms with Crippen LogP contribution in [0.25, 0.3) is 11.0 Å². The smallest absolute Gasteiger partial charge is 0.339 e. The Morgan fingerprint density at radius 1 is 1.17 bits per heavy atom. The Hall–Kier alpha value is -2.05. The van der Waals surface area contributed by atoms with Crippen LogP contribution in [-0.2, 0) is 17.8 Å². The van der Waals surface area contributed by atoms with Crippen LogP contribution in [0.15, 0.2) is 21.3 Å². The summed E-state index contributed by atoms with van der Waals surface area (Å²) in [4.78, 5) is 24.0. The van der Waals surface area contributed by atoms with Crippen molar-refractivity contribution < 1.29 is 19.4 Å². The number of carboxylic acid groups (broad SMARTS) is 1. The first-order chi connectivity index (χ1) is 13.3. The molecule has 0 aliphatic heterocycles. The first-order valence-electron chi connectivity index (χ1n) is 10.0. The lowest BCUT2D eigenvalue weighted by molar-refractivity contribution is -0.140. The zero-order valence-corrected chi connectivity index (χ0v) is 18.4. The summed E-state index contributed by atoms with van der Waals surface area (Å²) in [5.41, 5.74) is 1.88. The highest BCUT2D eigenvalue weighted by atomic mass is 35.5. The van der Waals surface area contributed by atoms with E-state index < -0.39 is 12.0 Å². The molecule has 1 heterocycles. The van der Waals surface area contributed by atoms with Crippen molar-refractivity contribution in [3.63, 3.8) is 0 Å². The minimum absolute atomic E-state index is 0. The van der Waals surface area contributed by atoms with Crippen molar-refractivity contribution in [2.24, 2.45) is 5.92 Å². The maximum Gasteiger partial charge on any atom is 0.339 e. The Balaban J connectivity index is 0.00000420. The molecule has 0 saturated carbocycles. The molecule has 2 aromatic rings. The Bertz CT molecular complexity index is 891. The van der Waals surface area contributed by atoms with E-state index in [2.05, 4.69) is 12.2 Å². The molecule has 2 rings (SSSR count). The highest BCUT2D eigenvalue weighted by molar-refractivity contribution is 5.86. The summed E-state index contributed by atoms with van der Waals surface area (Å²) in [5, 5.41) is 23.4. The van der Waals surface area contributed by atoms with Gasteiger partial charge in [-0.25, -0.2) is 4.79 Å². The largest absolute Gasteiger partial charge is 0.507 e. The number of unbranched alkanes of at least 4 members (excludes halogenated alkanes) is 3. The van der Waals surface area contributed by atoms with E-state index in [0.717, 1.165) is 36.6 Å². The summed E-state index contributed by atoms with van der Waals surface area (Å²) >= 11 is 0. The summed E-state index contributed by atoms with van der Waals surface area (Å²) in [6, 6.07) is 2.55. The maximum absolute atomic E-state index is 12.6. The third-order valence-electron chi connectivity index (χ3n) is 5.25. The molecule has 162 valence electrons. The van der Waals surface area contributed by atoms with E-state index in [1.807, 2.05) is 20.8 Å². The van der Waals surface area contributed by atoms with Gasteiger partial charge in [0.05, 0.1) is 5.56 Å². The summed E-state index contributed by atoms with van der Waals surface area (Å²) in [5.74, 6) is -1.11. The van der Waals surface area contributed by atoms with Crippen LogP contribution in [0.4, 0.5) is 0 Å². The first kappa shape index (κ1) is 25.0. The molecule has 1 aromatic heterocycles. The molecule has 0 unspecified atom stereocenters. The molecule has 29 heavy (non-hydrogen) atoms. The zero-order valence-electron chi connectivity index (χ0n) is 17.6. The highest BCUT2D eigenvalue weighted by Crippen LogP contribution is 2.30. The minimum Gasteiger partial charge on any atom is -0.507 e. The van der Waals surface area contributed by atoms with Crippen LogP contribution in [0.3, 0.4) is 0 Å². The van der Waals surface area contributed by atoms with E-state index in [1.54, 1.807) is 12.1 Å². The predicted octanol–water partition coefficient (Wildman–Crippen LogP) is 4.55. The molecule has 0 saturated heterocycles. The SMILES string of the molecule is CCCCCCc1c(C)c2ccc(O)c(CN[C@@H](C(=O)O)C(C)C)c2oc1=O.Cl. The van der Waals surface area contributed by atoms with Gasteiger partial charge in [-0.2, -0.15) is 0 Å². The van der Waals surface area contributed by atoms with Gasteiger partial charge < -0.3 is 14.6 Å². The van der Waals surface area contributed by atoms with E-state index in [1.165, 1.54) is 0 Å². The third kappa shape index (κ3) is 5.97. The van der Waals surface area contributed by atoms with Gasteiger partial charge in [0.15, 0.2) is 0 Å². The second kappa shape index (κ2) is 11.2. The van der Waals surface area contributed by atoms with Crippen molar-refractivity contribution in [2.45, 2.75) is 72.4 Å². The second-order valence-electron chi connectivity index (χ2n) is 7.68. The quantitative estimate of drug-likeness (QED) is 0.381. The number of rotatable bonds is 10. The van der Waals surface area contributed by atoms with Gasteiger partial charge >= 0.3 is 11.6 Å². The number of carboxylic acids is 1. The predicted molar refractivity (Wildman–Crippen MR) is 117 cm³/mol. The number of aliphatic carboxylic acids is 1. The molecule has 0 bridgehead atoms. The van der Waals surface area contributed by atoms with Gasteiger partial charge in [-0.3, -0.25) is 10.1 Å². The van der Waals surface area contributed by atoms with E-state index in [-0.39, 0.29) is 36.2 Å². The van der Waals surface area contributed by atoms with Gasteiger partial charge in [0.1, 0.15) is 17.4 Å². The van der Waals surface area contributed by atoms with Gasteiger partial charge in [-0.05, 0) is 43.4 Å². The summed E-state index contributed by atoms with van der Waals surface area (Å²) < 4.78 is 5.59. The molecule has 0 fully saturated rings. The third-order valence-corrected chi connectivity index (χ3v) is 5.25. The van der Waals surface area contributed by atoms with Gasteiger partial charge in [-0.15, -0.1) is 12.4 Å². The lowest BCUT2D eigenvalue weighted by Gasteiger charge is -2.19. The molecule has 1 aromatic carbocycles. The molecular formula is C22H32ClNO5. The lowest BCUT2D eigenvalue weighted by Crippen LogP contribution is -2.40. The summed E-state index contributed by atoms with van der Waals surface area (Å²) in [6.45, 7) is 7.76. The number of benzene rings is 1. The summed E-state index contributed by atoms with van der Waals surface area (Å²) in [7, 11) is 0. The molecule has 6 nitrogen and oxygen atoms in total. The number of phenolic OH excluding ortho intramolecular Hbond substituents is 1. The Morgan fingerprint density at radius 2 is 1.86 bits per heavy atom. The fraction of sp³-hybridized carbons (Fsp3) is 0.545. The van der Waals surface area contributed by atoms with Crippen molar-refractivity contribution in [1.29, 1.82) is 0 Å². The molecule has 3 N–H and O–H groups in total. The highest BCUT2D eigenvalue weighted by Gasteiger charge is 2.23. The summed E-state index contributed by atoms with van der Waals surface area (Å²) in [6.07, 6.45) is 4.96. The number of fused-ring (bicyclic) bond motifs is 1. The molecule has 0 aliphatic carbocycles. The number of nitrogens with one attached hydrogen (secondary N) is 1. The zero-order chi connectivity index (χ0) is 20.8. The molecule has 7 heteroatoms. The van der Waals surface area contributed by atoms with E-state index in [4.69, 9.17) is 4.42 Å². The number of hydrogen-bond acceptors (Lipinski definition) is 5. The van der Waals surface area contributed by atoms with Crippen LogP contribution in [-0.4, -0.2) is 22.2 Å². The Labute approximate surface area is 177 Å². The van der Waals surface area contributed by atoms with E-state index >= 15 is 0 Å². The molecule has 0 aliphatic rings. The molecule has 0 radical (unpaired) electrons. The van der Waals surface area contributed by atoms with Crippen molar-refractivity contribution in [1.82, 2.24) is 5.32 Å². The fourth-order valence-electron chi connectivity index (χ4n) is 3.51. The number of carbonyl (C=O) groups is 1. The molecular weight excluding hydrogens is 394 g/mol. The van der Waals surface area contributed by atoms with Crippen molar-refractivity contribution in [3.05, 3.63) is 39.2 Å². The van der Waals surface area contributed by atoms with Crippen LogP contribution in [0.1, 0.15) is 63.1 Å². The average molecular weight is 426 g/mol. The van der Waals surface area contributed by atoms with E-state index in [9.17, 15) is 19.8 Å². The second-order valence-corrected chi connectivity index (χ2v) is 7.68. The van der Waals surface area contributed by atoms with Crippen LogP contribution < -0.4 is 10.9 Å². The van der Waals surface area contributed by atoms with Crippen molar-refractivity contribution in [2.75, 3.05) is 0 Å². The van der Waals surface area contributed by atoms with Gasteiger partial charge in [0.2, 0.25) is 0 Å². The fourth-order valence-corrected chi connectivity index (χ4v) is 3.51. The number of halogens is 1. The molecule has 1 atom stereocenters.